The van der Waals surface area contributed by atoms with Gasteiger partial charge in [-0.2, -0.15) is 0 Å². The van der Waals surface area contributed by atoms with E-state index in [4.69, 9.17) is 5.73 Å². The first-order valence-electron chi connectivity index (χ1n) is 6.85. The van der Waals surface area contributed by atoms with Crippen molar-refractivity contribution in [2.75, 3.05) is 5.32 Å². The van der Waals surface area contributed by atoms with Crippen LogP contribution in [0.4, 0.5) is 5.69 Å². The summed E-state index contributed by atoms with van der Waals surface area (Å²) in [5.41, 5.74) is 6.86. The van der Waals surface area contributed by atoms with Gasteiger partial charge in [-0.05, 0) is 51.5 Å². The number of rotatable bonds is 6. The number of carbonyl (C=O) groups excluding carboxylic acids is 2. The van der Waals surface area contributed by atoms with Gasteiger partial charge in [0.15, 0.2) is 0 Å². The second kappa shape index (κ2) is 9.37. The van der Waals surface area contributed by atoms with E-state index in [2.05, 4.69) is 10.6 Å². The average molecular weight is 314 g/mol. The number of hydrogen-bond acceptors (Lipinski definition) is 3. The van der Waals surface area contributed by atoms with Gasteiger partial charge < -0.3 is 16.4 Å². The zero-order valence-corrected chi connectivity index (χ0v) is 13.5. The number of nitrogens with two attached hydrogens (primary N) is 1. The van der Waals surface area contributed by atoms with Gasteiger partial charge in [-0.3, -0.25) is 9.59 Å². The second-order valence-corrected chi connectivity index (χ2v) is 5.27. The molecule has 0 heterocycles. The maximum Gasteiger partial charge on any atom is 0.251 e. The van der Waals surface area contributed by atoms with E-state index in [1.165, 1.54) is 0 Å². The van der Waals surface area contributed by atoms with E-state index in [1.54, 1.807) is 24.3 Å². The van der Waals surface area contributed by atoms with Crippen LogP contribution in [0.5, 0.6) is 0 Å². The van der Waals surface area contributed by atoms with Crippen molar-refractivity contribution in [1.82, 2.24) is 5.32 Å². The molecular formula is C15H24ClN3O2. The molecule has 1 unspecified atom stereocenters. The van der Waals surface area contributed by atoms with Crippen molar-refractivity contribution >= 4 is 29.9 Å². The van der Waals surface area contributed by atoms with Crippen molar-refractivity contribution in [3.63, 3.8) is 0 Å². The van der Waals surface area contributed by atoms with Crippen LogP contribution in [0.2, 0.25) is 0 Å². The van der Waals surface area contributed by atoms with Crippen LogP contribution in [0, 0.1) is 0 Å². The highest BCUT2D eigenvalue weighted by atomic mass is 35.5. The lowest BCUT2D eigenvalue weighted by Crippen LogP contribution is -2.30. The SMILES string of the molecule is CC(N)CCC(=O)Nc1ccc(C(=O)NC(C)C)cc1.Cl. The van der Waals surface area contributed by atoms with Gasteiger partial charge in [0.2, 0.25) is 5.91 Å². The van der Waals surface area contributed by atoms with Crippen LogP contribution < -0.4 is 16.4 Å². The predicted molar refractivity (Wildman–Crippen MR) is 87.8 cm³/mol. The molecule has 21 heavy (non-hydrogen) atoms. The largest absolute Gasteiger partial charge is 0.350 e. The number of anilines is 1. The molecule has 118 valence electrons. The fourth-order valence-electron chi connectivity index (χ4n) is 1.63. The summed E-state index contributed by atoms with van der Waals surface area (Å²) in [6, 6.07) is 6.94. The number of nitrogens with one attached hydrogen (secondary N) is 2. The molecule has 0 bridgehead atoms. The highest BCUT2D eigenvalue weighted by Crippen LogP contribution is 2.10. The van der Waals surface area contributed by atoms with Gasteiger partial charge in [-0.15, -0.1) is 12.4 Å². The lowest BCUT2D eigenvalue weighted by Gasteiger charge is -2.10. The number of hydrogen-bond donors (Lipinski definition) is 3. The molecule has 0 aromatic heterocycles. The molecule has 1 aromatic rings. The number of amides is 2. The smallest absolute Gasteiger partial charge is 0.251 e. The molecule has 0 spiro atoms. The fourth-order valence-corrected chi connectivity index (χ4v) is 1.63. The lowest BCUT2D eigenvalue weighted by molar-refractivity contribution is -0.116. The van der Waals surface area contributed by atoms with E-state index >= 15 is 0 Å². The Morgan fingerprint density at radius 3 is 2.19 bits per heavy atom. The van der Waals surface area contributed by atoms with Gasteiger partial charge in [0, 0.05) is 29.8 Å². The first-order valence-corrected chi connectivity index (χ1v) is 6.85. The molecule has 0 aliphatic rings. The summed E-state index contributed by atoms with van der Waals surface area (Å²) in [6.07, 6.45) is 1.05. The zero-order chi connectivity index (χ0) is 15.1. The van der Waals surface area contributed by atoms with Crippen LogP contribution in [-0.4, -0.2) is 23.9 Å². The zero-order valence-electron chi connectivity index (χ0n) is 12.7. The monoisotopic (exact) mass is 313 g/mol. The van der Waals surface area contributed by atoms with Gasteiger partial charge in [-0.25, -0.2) is 0 Å². The lowest BCUT2D eigenvalue weighted by atomic mass is 10.1. The minimum Gasteiger partial charge on any atom is -0.350 e. The summed E-state index contributed by atoms with van der Waals surface area (Å²) in [4.78, 5) is 23.4. The summed E-state index contributed by atoms with van der Waals surface area (Å²) in [5, 5.41) is 5.59. The van der Waals surface area contributed by atoms with Crippen LogP contribution in [-0.2, 0) is 4.79 Å². The molecule has 1 rings (SSSR count). The van der Waals surface area contributed by atoms with E-state index in [9.17, 15) is 9.59 Å². The minimum atomic E-state index is -0.116. The Morgan fingerprint density at radius 2 is 1.71 bits per heavy atom. The number of benzene rings is 1. The van der Waals surface area contributed by atoms with Crippen molar-refractivity contribution in [3.05, 3.63) is 29.8 Å². The molecule has 0 saturated carbocycles. The Balaban J connectivity index is 0.00000400. The van der Waals surface area contributed by atoms with Crippen molar-refractivity contribution < 1.29 is 9.59 Å². The summed E-state index contributed by atoms with van der Waals surface area (Å²) in [5.74, 6) is -0.184. The molecule has 0 aliphatic heterocycles. The summed E-state index contributed by atoms with van der Waals surface area (Å²) < 4.78 is 0. The summed E-state index contributed by atoms with van der Waals surface area (Å²) in [7, 11) is 0. The summed E-state index contributed by atoms with van der Waals surface area (Å²) >= 11 is 0. The first kappa shape index (κ1) is 19.4. The summed E-state index contributed by atoms with van der Waals surface area (Å²) in [6.45, 7) is 5.69. The molecule has 5 nitrogen and oxygen atoms in total. The highest BCUT2D eigenvalue weighted by molar-refractivity contribution is 5.95. The molecule has 0 radical (unpaired) electrons. The predicted octanol–water partition coefficient (Wildman–Crippen LogP) is 2.31. The third kappa shape index (κ3) is 7.68. The van der Waals surface area contributed by atoms with Crippen molar-refractivity contribution in [1.29, 1.82) is 0 Å². The average Bonchev–Trinajstić information content (AvgIpc) is 2.36. The van der Waals surface area contributed by atoms with Crippen LogP contribution in [0.3, 0.4) is 0 Å². The third-order valence-electron chi connectivity index (χ3n) is 2.68. The van der Waals surface area contributed by atoms with Gasteiger partial charge in [0.05, 0.1) is 0 Å². The molecular weight excluding hydrogens is 290 g/mol. The molecule has 0 fully saturated rings. The quantitative estimate of drug-likeness (QED) is 0.753. The molecule has 1 atom stereocenters. The third-order valence-corrected chi connectivity index (χ3v) is 2.68. The fraction of sp³-hybridized carbons (Fsp3) is 0.467. The van der Waals surface area contributed by atoms with Gasteiger partial charge in [0.25, 0.3) is 5.91 Å². The normalized spacial score (nSPS) is 11.5. The van der Waals surface area contributed by atoms with E-state index in [-0.39, 0.29) is 36.3 Å². The molecule has 2 amide bonds. The van der Waals surface area contributed by atoms with E-state index < -0.39 is 0 Å². The van der Waals surface area contributed by atoms with Crippen LogP contribution in [0.25, 0.3) is 0 Å². The second-order valence-electron chi connectivity index (χ2n) is 5.27. The highest BCUT2D eigenvalue weighted by Gasteiger charge is 2.08. The maximum absolute atomic E-state index is 11.8. The Kier molecular flexibility index (Phi) is 8.66. The Morgan fingerprint density at radius 1 is 1.14 bits per heavy atom. The van der Waals surface area contributed by atoms with Crippen LogP contribution in [0.15, 0.2) is 24.3 Å². The van der Waals surface area contributed by atoms with E-state index in [0.717, 1.165) is 0 Å². The standard InChI is InChI=1S/C15H23N3O2.ClH/c1-10(2)17-15(20)12-5-7-13(8-6-12)18-14(19)9-4-11(3)16;/h5-8,10-11H,4,9,16H2,1-3H3,(H,17,20)(H,18,19);1H. The van der Waals surface area contributed by atoms with Crippen molar-refractivity contribution in [3.8, 4) is 0 Å². The molecule has 0 saturated heterocycles. The van der Waals surface area contributed by atoms with E-state index in [0.29, 0.717) is 24.1 Å². The van der Waals surface area contributed by atoms with Gasteiger partial charge in [-0.1, -0.05) is 0 Å². The minimum absolute atomic E-state index is 0. The van der Waals surface area contributed by atoms with Gasteiger partial charge >= 0.3 is 0 Å². The van der Waals surface area contributed by atoms with Crippen LogP contribution >= 0.6 is 12.4 Å². The Labute approximate surface area is 132 Å². The van der Waals surface area contributed by atoms with Crippen molar-refractivity contribution in [2.24, 2.45) is 5.73 Å². The van der Waals surface area contributed by atoms with Crippen molar-refractivity contribution in [2.45, 2.75) is 45.7 Å². The van der Waals surface area contributed by atoms with Crippen LogP contribution in [0.1, 0.15) is 44.0 Å². The number of carbonyl (C=O) groups is 2. The molecule has 0 aliphatic carbocycles. The number of halogens is 1. The molecule has 6 heteroatoms. The first-order chi connectivity index (χ1) is 9.38. The van der Waals surface area contributed by atoms with Gasteiger partial charge in [0.1, 0.15) is 0 Å². The Bertz CT molecular complexity index is 458. The van der Waals surface area contributed by atoms with E-state index in [1.807, 2.05) is 20.8 Å². The molecule has 4 N–H and O–H groups in total. The topological polar surface area (TPSA) is 84.2 Å². The Hall–Kier alpha value is -1.59. The maximum atomic E-state index is 11.8. The molecule has 1 aromatic carbocycles.